The fourth-order valence-electron chi connectivity index (χ4n) is 1.66. The van der Waals surface area contributed by atoms with Crippen molar-refractivity contribution in [2.75, 3.05) is 7.11 Å². The molecule has 0 aliphatic carbocycles. The Morgan fingerprint density at radius 2 is 1.47 bits per heavy atom. The minimum Gasteiger partial charge on any atom is -0.466 e. The molecule has 0 heterocycles. The van der Waals surface area contributed by atoms with Crippen LogP contribution in [0.5, 0.6) is 0 Å². The Morgan fingerprint density at radius 1 is 1.07 bits per heavy atom. The van der Waals surface area contributed by atoms with Gasteiger partial charge < -0.3 is 4.74 Å². The Labute approximate surface area is 94.8 Å². The highest BCUT2D eigenvalue weighted by atomic mass is 31.1. The highest BCUT2D eigenvalue weighted by Crippen LogP contribution is 2.60. The number of esters is 1. The van der Waals surface area contributed by atoms with E-state index in [4.69, 9.17) is 0 Å². The minimum atomic E-state index is -0.362. The van der Waals surface area contributed by atoms with Crippen LogP contribution in [0.2, 0.25) is 0 Å². The van der Waals surface area contributed by atoms with Gasteiger partial charge in [0.15, 0.2) is 0 Å². The van der Waals surface area contributed by atoms with Crippen LogP contribution in [-0.4, -0.2) is 23.4 Å². The number of methoxy groups -OCH3 is 1. The molecule has 0 rings (SSSR count). The molecule has 0 aromatic carbocycles. The van der Waals surface area contributed by atoms with Crippen LogP contribution in [0.1, 0.15) is 41.5 Å². The van der Waals surface area contributed by atoms with Crippen LogP contribution in [0.4, 0.5) is 0 Å². The maximum Gasteiger partial charge on any atom is 0.330 e. The van der Waals surface area contributed by atoms with Crippen molar-refractivity contribution in [2.45, 2.75) is 51.9 Å². The maximum atomic E-state index is 11.1. The van der Waals surface area contributed by atoms with Gasteiger partial charge in [-0.2, -0.15) is 0 Å². The van der Waals surface area contributed by atoms with Crippen molar-refractivity contribution < 1.29 is 9.53 Å². The highest BCUT2D eigenvalue weighted by molar-refractivity contribution is 7.64. The molecule has 3 heteroatoms. The quantitative estimate of drug-likeness (QED) is 0.410. The standard InChI is InChI=1S/C12H23O2P/c1-11(2,3)15(12(4,5)6)9-8-10(13)14-7/h8-9H,1-7H3. The first-order valence-corrected chi connectivity index (χ1v) is 6.55. The van der Waals surface area contributed by atoms with Crippen molar-refractivity contribution in [1.29, 1.82) is 0 Å². The lowest BCUT2D eigenvalue weighted by atomic mass is 10.2. The fraction of sp³-hybridized carbons (Fsp3) is 0.750. The summed E-state index contributed by atoms with van der Waals surface area (Å²) < 4.78 is 4.61. The molecule has 0 fully saturated rings. The zero-order chi connectivity index (χ0) is 12.3. The molecule has 0 aliphatic heterocycles. The summed E-state index contributed by atoms with van der Waals surface area (Å²) >= 11 is 0. The molecule has 0 amide bonds. The average Bonchev–Trinajstić information content (AvgIpc) is 1.99. The van der Waals surface area contributed by atoms with E-state index in [9.17, 15) is 4.79 Å². The number of hydrogen-bond acceptors (Lipinski definition) is 2. The molecule has 0 aromatic rings. The van der Waals surface area contributed by atoms with Crippen LogP contribution in [0.3, 0.4) is 0 Å². The van der Waals surface area contributed by atoms with Crippen molar-refractivity contribution in [1.82, 2.24) is 0 Å². The van der Waals surface area contributed by atoms with E-state index < -0.39 is 0 Å². The van der Waals surface area contributed by atoms with Crippen LogP contribution < -0.4 is 0 Å². The van der Waals surface area contributed by atoms with E-state index >= 15 is 0 Å². The van der Waals surface area contributed by atoms with E-state index in [1.54, 1.807) is 6.08 Å². The Morgan fingerprint density at radius 3 is 1.73 bits per heavy atom. The van der Waals surface area contributed by atoms with Gasteiger partial charge in [0.05, 0.1) is 7.11 Å². The first kappa shape index (κ1) is 14.6. The van der Waals surface area contributed by atoms with Gasteiger partial charge in [0, 0.05) is 6.08 Å². The van der Waals surface area contributed by atoms with E-state index in [0.717, 1.165) is 0 Å². The van der Waals surface area contributed by atoms with E-state index in [1.807, 2.05) is 5.82 Å². The summed E-state index contributed by atoms with van der Waals surface area (Å²) in [5.41, 5.74) is 0. The van der Waals surface area contributed by atoms with Gasteiger partial charge in [-0.15, -0.1) is 0 Å². The summed E-state index contributed by atoms with van der Waals surface area (Å²) in [5.74, 6) is 1.76. The number of hydrogen-bond donors (Lipinski definition) is 0. The minimum absolute atomic E-state index is 0.206. The van der Waals surface area contributed by atoms with Gasteiger partial charge in [0.1, 0.15) is 0 Å². The molecule has 0 unspecified atom stereocenters. The zero-order valence-electron chi connectivity index (χ0n) is 10.9. The van der Waals surface area contributed by atoms with Crippen molar-refractivity contribution in [3.8, 4) is 0 Å². The van der Waals surface area contributed by atoms with Crippen molar-refractivity contribution in [2.24, 2.45) is 0 Å². The predicted octanol–water partition coefficient (Wildman–Crippen LogP) is 3.75. The lowest BCUT2D eigenvalue weighted by Gasteiger charge is -2.39. The van der Waals surface area contributed by atoms with Crippen LogP contribution >= 0.6 is 7.92 Å². The third-order valence-electron chi connectivity index (χ3n) is 2.01. The van der Waals surface area contributed by atoms with Gasteiger partial charge in [-0.3, -0.25) is 0 Å². The predicted molar refractivity (Wildman–Crippen MR) is 67.6 cm³/mol. The Bertz CT molecular complexity index is 229. The van der Waals surface area contributed by atoms with Crippen LogP contribution in [0, 0.1) is 0 Å². The first-order valence-electron chi connectivity index (χ1n) is 5.14. The van der Waals surface area contributed by atoms with E-state index in [1.165, 1.54) is 7.11 Å². The van der Waals surface area contributed by atoms with Crippen molar-refractivity contribution in [3.63, 3.8) is 0 Å². The molecular weight excluding hydrogens is 207 g/mol. The molecule has 0 saturated heterocycles. The second-order valence-electron chi connectivity index (χ2n) is 5.55. The Hall–Kier alpha value is -0.360. The Kier molecular flexibility index (Phi) is 4.99. The monoisotopic (exact) mass is 230 g/mol. The second-order valence-corrected chi connectivity index (χ2v) is 9.27. The van der Waals surface area contributed by atoms with Gasteiger partial charge in [0.25, 0.3) is 0 Å². The number of ether oxygens (including phenoxy) is 1. The van der Waals surface area contributed by atoms with Crippen LogP contribution in [0.25, 0.3) is 0 Å². The Balaban J connectivity index is 4.84. The summed E-state index contributed by atoms with van der Waals surface area (Å²) in [6, 6.07) is 0. The fourth-order valence-corrected chi connectivity index (χ4v) is 4.83. The van der Waals surface area contributed by atoms with E-state index in [0.29, 0.717) is 0 Å². The normalized spacial score (nSPS) is 13.6. The summed E-state index contributed by atoms with van der Waals surface area (Å²) in [5, 5.41) is 0.413. The lowest BCUT2D eigenvalue weighted by molar-refractivity contribution is -0.134. The number of rotatable bonds is 2. The summed E-state index contributed by atoms with van der Waals surface area (Å²) in [7, 11) is 1.04. The molecule has 2 nitrogen and oxygen atoms in total. The topological polar surface area (TPSA) is 26.3 Å². The molecule has 0 bridgehead atoms. The number of carbonyl (C=O) groups is 1. The molecule has 0 spiro atoms. The van der Waals surface area contributed by atoms with Gasteiger partial charge in [-0.05, 0) is 10.3 Å². The largest absolute Gasteiger partial charge is 0.466 e. The summed E-state index contributed by atoms with van der Waals surface area (Å²) in [6.07, 6.45) is 1.56. The molecule has 0 N–H and O–H groups in total. The average molecular weight is 230 g/mol. The number of carbonyl (C=O) groups excluding carboxylic acids is 1. The lowest BCUT2D eigenvalue weighted by Crippen LogP contribution is -2.23. The van der Waals surface area contributed by atoms with Gasteiger partial charge in [0.2, 0.25) is 0 Å². The zero-order valence-corrected chi connectivity index (χ0v) is 11.8. The maximum absolute atomic E-state index is 11.1. The van der Waals surface area contributed by atoms with Gasteiger partial charge >= 0.3 is 5.97 Å². The third kappa shape index (κ3) is 5.32. The smallest absolute Gasteiger partial charge is 0.330 e. The third-order valence-corrected chi connectivity index (χ3v) is 5.34. The summed E-state index contributed by atoms with van der Waals surface area (Å²) in [6.45, 7) is 13.3. The molecular formula is C12H23O2P. The van der Waals surface area contributed by atoms with E-state index in [2.05, 4.69) is 46.3 Å². The molecule has 0 atom stereocenters. The second kappa shape index (κ2) is 5.12. The van der Waals surface area contributed by atoms with Gasteiger partial charge in [-0.1, -0.05) is 55.3 Å². The van der Waals surface area contributed by atoms with E-state index in [-0.39, 0.29) is 24.2 Å². The molecule has 15 heavy (non-hydrogen) atoms. The molecule has 88 valence electrons. The highest BCUT2D eigenvalue weighted by Gasteiger charge is 2.32. The van der Waals surface area contributed by atoms with Crippen molar-refractivity contribution >= 4 is 13.9 Å². The van der Waals surface area contributed by atoms with Crippen LogP contribution in [0.15, 0.2) is 11.9 Å². The SMILES string of the molecule is COC(=O)C=CP(C(C)(C)C)C(C)(C)C. The molecule has 0 radical (unpaired) electrons. The summed E-state index contributed by atoms with van der Waals surface area (Å²) in [4.78, 5) is 11.1. The molecule has 0 saturated carbocycles. The van der Waals surface area contributed by atoms with Crippen molar-refractivity contribution in [3.05, 3.63) is 11.9 Å². The molecule has 0 aliphatic rings. The first-order chi connectivity index (χ1) is 6.59. The molecule has 0 aromatic heterocycles. The van der Waals surface area contributed by atoms with Crippen LogP contribution in [-0.2, 0) is 9.53 Å². The van der Waals surface area contributed by atoms with Gasteiger partial charge in [-0.25, -0.2) is 4.79 Å².